The van der Waals surface area contributed by atoms with Crippen molar-refractivity contribution < 1.29 is 8.78 Å². The van der Waals surface area contributed by atoms with E-state index < -0.39 is 5.92 Å². The Kier molecular flexibility index (Phi) is 4.28. The number of aromatic amines is 1. The van der Waals surface area contributed by atoms with Crippen molar-refractivity contribution in [2.45, 2.75) is 25.3 Å². The van der Waals surface area contributed by atoms with Crippen molar-refractivity contribution in [3.63, 3.8) is 0 Å². The number of fused-ring (bicyclic) bond motifs is 1. The van der Waals surface area contributed by atoms with Gasteiger partial charge in [0.15, 0.2) is 5.65 Å². The summed E-state index contributed by atoms with van der Waals surface area (Å²) >= 11 is 0. The molecule has 4 heterocycles. The predicted octanol–water partition coefficient (Wildman–Crippen LogP) is 2.84. The monoisotopic (exact) mass is 358 g/mol. The van der Waals surface area contributed by atoms with Gasteiger partial charge in [-0.15, -0.1) is 0 Å². The average molecular weight is 358 g/mol. The van der Waals surface area contributed by atoms with E-state index in [1.54, 1.807) is 6.20 Å². The number of hydrogen-bond acceptors (Lipinski definition) is 5. The van der Waals surface area contributed by atoms with Crippen LogP contribution < -0.4 is 10.2 Å². The molecule has 2 N–H and O–H groups in total. The number of nitrogens with one attached hydrogen (secondary N) is 2. The van der Waals surface area contributed by atoms with Crippen LogP contribution in [0.15, 0.2) is 36.5 Å². The van der Waals surface area contributed by atoms with Crippen LogP contribution in [0, 0.1) is 0 Å². The SMILES string of the molecule is CC(F)(F)CC1CN(c2cccc(-c3n[nH]c4ncccc34)n2)CCN1. The van der Waals surface area contributed by atoms with Gasteiger partial charge in [-0.3, -0.25) is 5.10 Å². The molecule has 1 aliphatic rings. The van der Waals surface area contributed by atoms with Crippen LogP contribution >= 0.6 is 0 Å². The van der Waals surface area contributed by atoms with Crippen LogP contribution in [0.2, 0.25) is 0 Å². The molecule has 1 atom stereocenters. The van der Waals surface area contributed by atoms with Crippen molar-refractivity contribution in [3.8, 4) is 11.4 Å². The van der Waals surface area contributed by atoms with Crippen molar-refractivity contribution in [3.05, 3.63) is 36.5 Å². The first-order chi connectivity index (χ1) is 12.5. The molecule has 0 amide bonds. The first-order valence-corrected chi connectivity index (χ1v) is 8.62. The predicted molar refractivity (Wildman–Crippen MR) is 96.4 cm³/mol. The smallest absolute Gasteiger partial charge is 0.247 e. The molecule has 1 unspecified atom stereocenters. The van der Waals surface area contributed by atoms with E-state index in [-0.39, 0.29) is 12.5 Å². The van der Waals surface area contributed by atoms with E-state index in [2.05, 4.69) is 20.5 Å². The number of pyridine rings is 2. The van der Waals surface area contributed by atoms with E-state index in [4.69, 9.17) is 4.98 Å². The summed E-state index contributed by atoms with van der Waals surface area (Å²) < 4.78 is 26.7. The largest absolute Gasteiger partial charge is 0.354 e. The molecule has 1 aliphatic heterocycles. The fourth-order valence-corrected chi connectivity index (χ4v) is 3.38. The highest BCUT2D eigenvalue weighted by atomic mass is 19.3. The van der Waals surface area contributed by atoms with Gasteiger partial charge in [-0.1, -0.05) is 6.07 Å². The third-order valence-electron chi connectivity index (χ3n) is 4.50. The lowest BCUT2D eigenvalue weighted by Crippen LogP contribution is -2.52. The average Bonchev–Trinajstić information content (AvgIpc) is 3.05. The molecule has 3 aromatic rings. The molecule has 0 aromatic carbocycles. The second kappa shape index (κ2) is 6.60. The van der Waals surface area contributed by atoms with E-state index in [1.807, 2.05) is 35.2 Å². The second-order valence-corrected chi connectivity index (χ2v) is 6.72. The van der Waals surface area contributed by atoms with Gasteiger partial charge in [0.05, 0.1) is 5.69 Å². The third kappa shape index (κ3) is 3.50. The molecule has 8 heteroatoms. The number of anilines is 1. The van der Waals surface area contributed by atoms with Crippen LogP contribution in [0.1, 0.15) is 13.3 Å². The fraction of sp³-hybridized carbons (Fsp3) is 0.389. The number of nitrogens with zero attached hydrogens (tertiary/aromatic N) is 4. The molecule has 6 nitrogen and oxygen atoms in total. The summed E-state index contributed by atoms with van der Waals surface area (Å²) in [6.07, 6.45) is 1.53. The van der Waals surface area contributed by atoms with Gasteiger partial charge < -0.3 is 10.2 Å². The molecule has 0 bridgehead atoms. The number of aromatic nitrogens is 4. The van der Waals surface area contributed by atoms with Crippen LogP contribution in [0.4, 0.5) is 14.6 Å². The lowest BCUT2D eigenvalue weighted by atomic mass is 10.1. The summed E-state index contributed by atoms with van der Waals surface area (Å²) in [5.74, 6) is -1.91. The lowest BCUT2D eigenvalue weighted by molar-refractivity contribution is 0.00245. The lowest BCUT2D eigenvalue weighted by Gasteiger charge is -2.35. The Morgan fingerprint density at radius 3 is 3.00 bits per heavy atom. The summed E-state index contributed by atoms with van der Waals surface area (Å²) in [6.45, 7) is 2.85. The first-order valence-electron chi connectivity index (χ1n) is 8.62. The molecule has 1 fully saturated rings. The standard InChI is InChI=1S/C18H20F2N6/c1-18(19,20)10-12-11-26(9-8-21-12)15-6-2-5-14(23-15)16-13-4-3-7-22-17(13)25-24-16/h2-7,12,21H,8-11H2,1H3,(H,22,24,25). The Hall–Kier alpha value is -2.61. The summed E-state index contributed by atoms with van der Waals surface area (Å²) in [5.41, 5.74) is 2.18. The summed E-state index contributed by atoms with van der Waals surface area (Å²) in [6, 6.07) is 9.26. The van der Waals surface area contributed by atoms with E-state index in [0.29, 0.717) is 18.7 Å². The van der Waals surface area contributed by atoms with Crippen molar-refractivity contribution >= 4 is 16.9 Å². The third-order valence-corrected chi connectivity index (χ3v) is 4.50. The molecular weight excluding hydrogens is 338 g/mol. The normalized spacial score (nSPS) is 18.4. The second-order valence-electron chi connectivity index (χ2n) is 6.72. The number of hydrogen-bond donors (Lipinski definition) is 2. The highest BCUT2D eigenvalue weighted by Gasteiger charge is 2.30. The number of halogens is 2. The van der Waals surface area contributed by atoms with Crippen LogP contribution in [-0.2, 0) is 0 Å². The van der Waals surface area contributed by atoms with Gasteiger partial charge in [-0.2, -0.15) is 5.10 Å². The van der Waals surface area contributed by atoms with Gasteiger partial charge in [-0.05, 0) is 31.2 Å². The Bertz CT molecular complexity index is 904. The van der Waals surface area contributed by atoms with Crippen LogP contribution in [0.3, 0.4) is 0 Å². The summed E-state index contributed by atoms with van der Waals surface area (Å²) in [5, 5.41) is 11.3. The number of H-pyrrole nitrogens is 1. The van der Waals surface area contributed by atoms with Gasteiger partial charge >= 0.3 is 0 Å². The summed E-state index contributed by atoms with van der Waals surface area (Å²) in [7, 11) is 0. The van der Waals surface area contributed by atoms with Crippen LogP contribution in [0.25, 0.3) is 22.4 Å². The fourth-order valence-electron chi connectivity index (χ4n) is 3.38. The molecule has 1 saturated heterocycles. The minimum atomic E-state index is -2.68. The minimum absolute atomic E-state index is 0.182. The van der Waals surface area contributed by atoms with E-state index in [1.165, 1.54) is 0 Å². The van der Waals surface area contributed by atoms with E-state index in [0.717, 1.165) is 36.1 Å². The highest BCUT2D eigenvalue weighted by Crippen LogP contribution is 2.26. The molecule has 26 heavy (non-hydrogen) atoms. The molecular formula is C18H20F2N6. The van der Waals surface area contributed by atoms with Gasteiger partial charge in [0.25, 0.3) is 0 Å². The van der Waals surface area contributed by atoms with Gasteiger partial charge in [-0.25, -0.2) is 18.7 Å². The molecule has 4 rings (SSSR count). The highest BCUT2D eigenvalue weighted by molar-refractivity contribution is 5.89. The molecule has 0 saturated carbocycles. The van der Waals surface area contributed by atoms with Gasteiger partial charge in [0.2, 0.25) is 5.92 Å². The van der Waals surface area contributed by atoms with Crippen molar-refractivity contribution in [2.24, 2.45) is 0 Å². The van der Waals surface area contributed by atoms with Crippen molar-refractivity contribution in [2.75, 3.05) is 24.5 Å². The Morgan fingerprint density at radius 1 is 1.27 bits per heavy atom. The topological polar surface area (TPSA) is 69.7 Å². The Morgan fingerprint density at radius 2 is 2.15 bits per heavy atom. The molecule has 0 radical (unpaired) electrons. The van der Waals surface area contributed by atoms with Crippen LogP contribution in [0.5, 0.6) is 0 Å². The Balaban J connectivity index is 1.60. The molecule has 0 aliphatic carbocycles. The first kappa shape index (κ1) is 16.8. The molecule has 0 spiro atoms. The van der Waals surface area contributed by atoms with Crippen LogP contribution in [-0.4, -0.2) is 51.8 Å². The zero-order valence-corrected chi connectivity index (χ0v) is 14.4. The molecule has 136 valence electrons. The number of piperazine rings is 1. The zero-order chi connectivity index (χ0) is 18.1. The maximum absolute atomic E-state index is 13.3. The number of rotatable bonds is 4. The van der Waals surface area contributed by atoms with E-state index >= 15 is 0 Å². The van der Waals surface area contributed by atoms with Gasteiger partial charge in [0.1, 0.15) is 11.5 Å². The number of alkyl halides is 2. The maximum atomic E-state index is 13.3. The summed E-state index contributed by atoms with van der Waals surface area (Å²) in [4.78, 5) is 11.0. The van der Waals surface area contributed by atoms with Gasteiger partial charge in [0, 0.05) is 43.7 Å². The minimum Gasteiger partial charge on any atom is -0.354 e. The van der Waals surface area contributed by atoms with Crippen molar-refractivity contribution in [1.29, 1.82) is 0 Å². The Labute approximate surface area is 149 Å². The zero-order valence-electron chi connectivity index (χ0n) is 14.4. The van der Waals surface area contributed by atoms with Crippen molar-refractivity contribution in [1.82, 2.24) is 25.5 Å². The quantitative estimate of drug-likeness (QED) is 0.751. The van der Waals surface area contributed by atoms with E-state index in [9.17, 15) is 8.78 Å². The molecule has 3 aromatic heterocycles. The maximum Gasteiger partial charge on any atom is 0.247 e.